The first kappa shape index (κ1) is 23.9. The van der Waals surface area contributed by atoms with Crippen molar-refractivity contribution < 1.29 is 14.7 Å². The number of carbonyl (C=O) groups excluding carboxylic acids is 2. The number of ketones is 1. The molecule has 1 aliphatic heterocycles. The SMILES string of the molecule is Cc1ccc(C(C)C)cc1CN1C(=O)[C@@](O)(CC(=O)c2ccc(Br)cc2)c2cc(Br)ccc21. The van der Waals surface area contributed by atoms with Gasteiger partial charge in [0.1, 0.15) is 0 Å². The van der Waals surface area contributed by atoms with Crippen molar-refractivity contribution >= 4 is 49.2 Å². The summed E-state index contributed by atoms with van der Waals surface area (Å²) >= 11 is 6.81. The Kier molecular flexibility index (Phi) is 6.63. The molecule has 0 saturated carbocycles. The predicted octanol–water partition coefficient (Wildman–Crippen LogP) is 6.65. The van der Waals surface area contributed by atoms with Crippen LogP contribution in [-0.4, -0.2) is 16.8 Å². The van der Waals surface area contributed by atoms with Gasteiger partial charge in [-0.05, 0) is 59.9 Å². The molecule has 0 saturated heterocycles. The lowest BCUT2D eigenvalue weighted by atomic mass is 9.88. The number of benzene rings is 3. The van der Waals surface area contributed by atoms with Crippen LogP contribution < -0.4 is 4.90 Å². The summed E-state index contributed by atoms with van der Waals surface area (Å²) in [6, 6.07) is 18.6. The van der Waals surface area contributed by atoms with Crippen molar-refractivity contribution in [3.05, 3.63) is 97.4 Å². The van der Waals surface area contributed by atoms with Crippen molar-refractivity contribution in [2.24, 2.45) is 0 Å². The Labute approximate surface area is 210 Å². The van der Waals surface area contributed by atoms with Crippen molar-refractivity contribution in [2.75, 3.05) is 4.90 Å². The molecule has 3 aromatic rings. The molecule has 0 fully saturated rings. The van der Waals surface area contributed by atoms with Crippen LogP contribution in [-0.2, 0) is 16.9 Å². The van der Waals surface area contributed by atoms with Gasteiger partial charge in [-0.1, -0.05) is 76.0 Å². The monoisotopic (exact) mass is 569 g/mol. The molecule has 1 heterocycles. The lowest BCUT2D eigenvalue weighted by Gasteiger charge is -2.24. The highest BCUT2D eigenvalue weighted by atomic mass is 79.9. The zero-order chi connectivity index (χ0) is 23.9. The molecule has 3 aromatic carbocycles. The number of Topliss-reactive ketones (excluding diaryl/α,β-unsaturated/α-hetero) is 1. The fourth-order valence-electron chi connectivity index (χ4n) is 4.21. The Morgan fingerprint density at radius 2 is 1.67 bits per heavy atom. The third-order valence-electron chi connectivity index (χ3n) is 6.24. The number of anilines is 1. The first-order valence-corrected chi connectivity index (χ1v) is 12.4. The highest BCUT2D eigenvalue weighted by molar-refractivity contribution is 9.10. The standard InChI is InChI=1S/C27H25Br2NO3/c1-16(2)19-5-4-17(3)20(12-19)15-30-24-11-10-22(29)13-23(24)27(33,26(30)32)14-25(31)18-6-8-21(28)9-7-18/h4-13,16,33H,14-15H2,1-3H3/t27-/m1/s1. The molecule has 1 atom stereocenters. The van der Waals surface area contributed by atoms with Gasteiger partial charge in [0.05, 0.1) is 18.7 Å². The van der Waals surface area contributed by atoms with Gasteiger partial charge in [0, 0.05) is 20.1 Å². The Balaban J connectivity index is 1.72. The third-order valence-corrected chi connectivity index (χ3v) is 7.27. The number of nitrogens with zero attached hydrogens (tertiary/aromatic N) is 1. The number of fused-ring (bicyclic) bond motifs is 1. The lowest BCUT2D eigenvalue weighted by Crippen LogP contribution is -2.41. The normalized spacial score (nSPS) is 17.5. The Morgan fingerprint density at radius 1 is 1.00 bits per heavy atom. The summed E-state index contributed by atoms with van der Waals surface area (Å²) in [5, 5.41) is 11.6. The molecule has 0 unspecified atom stereocenters. The van der Waals surface area contributed by atoms with Crippen LogP contribution in [0.4, 0.5) is 5.69 Å². The molecule has 170 valence electrons. The second-order valence-corrected chi connectivity index (χ2v) is 10.7. The zero-order valence-electron chi connectivity index (χ0n) is 18.7. The molecule has 1 N–H and O–H groups in total. The van der Waals surface area contributed by atoms with Gasteiger partial charge < -0.3 is 10.0 Å². The van der Waals surface area contributed by atoms with Crippen LogP contribution in [0.3, 0.4) is 0 Å². The summed E-state index contributed by atoms with van der Waals surface area (Å²) < 4.78 is 1.59. The molecule has 1 amide bonds. The molecule has 0 aliphatic carbocycles. The minimum atomic E-state index is -1.92. The van der Waals surface area contributed by atoms with Crippen LogP contribution in [0.15, 0.2) is 69.6 Å². The van der Waals surface area contributed by atoms with E-state index < -0.39 is 11.5 Å². The maximum absolute atomic E-state index is 13.7. The molecule has 0 spiro atoms. The topological polar surface area (TPSA) is 57.6 Å². The van der Waals surface area contributed by atoms with E-state index in [0.717, 1.165) is 20.1 Å². The van der Waals surface area contributed by atoms with E-state index in [2.05, 4.69) is 63.9 Å². The predicted molar refractivity (Wildman–Crippen MR) is 138 cm³/mol. The van der Waals surface area contributed by atoms with Gasteiger partial charge in [0.25, 0.3) is 5.91 Å². The fourth-order valence-corrected chi connectivity index (χ4v) is 4.84. The minimum Gasteiger partial charge on any atom is -0.375 e. The number of aryl methyl sites for hydroxylation is 1. The average molecular weight is 571 g/mol. The number of hydrogen-bond acceptors (Lipinski definition) is 3. The highest BCUT2D eigenvalue weighted by Gasteiger charge is 2.51. The van der Waals surface area contributed by atoms with Crippen molar-refractivity contribution in [3.8, 4) is 0 Å². The van der Waals surface area contributed by atoms with Gasteiger partial charge in [-0.25, -0.2) is 0 Å². The van der Waals surface area contributed by atoms with E-state index >= 15 is 0 Å². The summed E-state index contributed by atoms with van der Waals surface area (Å²) in [4.78, 5) is 28.3. The number of carbonyl (C=O) groups is 2. The Bertz CT molecular complexity index is 1240. The van der Waals surface area contributed by atoms with Crippen LogP contribution in [0.5, 0.6) is 0 Å². The summed E-state index contributed by atoms with van der Waals surface area (Å²) in [6.07, 6.45) is -0.321. The van der Waals surface area contributed by atoms with Gasteiger partial charge in [-0.15, -0.1) is 0 Å². The molecular weight excluding hydrogens is 546 g/mol. The first-order chi connectivity index (χ1) is 15.6. The third kappa shape index (κ3) is 4.57. The van der Waals surface area contributed by atoms with Crippen LogP contribution in [0.25, 0.3) is 0 Å². The molecular formula is C27H25Br2NO3. The van der Waals surface area contributed by atoms with Gasteiger partial charge in [-0.3, -0.25) is 9.59 Å². The second kappa shape index (κ2) is 9.16. The van der Waals surface area contributed by atoms with Gasteiger partial charge in [0.15, 0.2) is 11.4 Å². The van der Waals surface area contributed by atoms with Crippen molar-refractivity contribution in [2.45, 2.75) is 45.3 Å². The fraction of sp³-hybridized carbons (Fsp3) is 0.259. The summed E-state index contributed by atoms with van der Waals surface area (Å²) in [5.41, 5.74) is 2.90. The molecule has 6 heteroatoms. The highest BCUT2D eigenvalue weighted by Crippen LogP contribution is 2.45. The molecule has 33 heavy (non-hydrogen) atoms. The molecule has 4 nitrogen and oxygen atoms in total. The molecule has 0 radical (unpaired) electrons. The van der Waals surface area contributed by atoms with E-state index in [-0.39, 0.29) is 12.2 Å². The average Bonchev–Trinajstić information content (AvgIpc) is 2.96. The van der Waals surface area contributed by atoms with E-state index in [1.807, 2.05) is 19.1 Å². The van der Waals surface area contributed by atoms with Gasteiger partial charge >= 0.3 is 0 Å². The number of halogens is 2. The van der Waals surface area contributed by atoms with Gasteiger partial charge in [-0.2, -0.15) is 0 Å². The van der Waals surface area contributed by atoms with Crippen LogP contribution >= 0.6 is 31.9 Å². The molecule has 0 bridgehead atoms. The van der Waals surface area contributed by atoms with E-state index in [9.17, 15) is 14.7 Å². The number of hydrogen-bond donors (Lipinski definition) is 1. The van der Waals surface area contributed by atoms with Crippen LogP contribution in [0.2, 0.25) is 0 Å². The maximum atomic E-state index is 13.7. The van der Waals surface area contributed by atoms with Gasteiger partial charge in [0.2, 0.25) is 0 Å². The van der Waals surface area contributed by atoms with E-state index in [0.29, 0.717) is 29.3 Å². The number of amides is 1. The molecule has 1 aliphatic rings. The van der Waals surface area contributed by atoms with Crippen LogP contribution in [0, 0.1) is 6.92 Å². The quantitative estimate of drug-likeness (QED) is 0.337. The van der Waals surface area contributed by atoms with E-state index in [1.54, 1.807) is 35.2 Å². The zero-order valence-corrected chi connectivity index (χ0v) is 21.9. The van der Waals surface area contributed by atoms with E-state index in [1.165, 1.54) is 5.56 Å². The number of rotatable bonds is 6. The minimum absolute atomic E-state index is 0.288. The van der Waals surface area contributed by atoms with E-state index in [4.69, 9.17) is 0 Å². The van der Waals surface area contributed by atoms with Crippen molar-refractivity contribution in [1.29, 1.82) is 0 Å². The largest absolute Gasteiger partial charge is 0.375 e. The van der Waals surface area contributed by atoms with Crippen LogP contribution in [0.1, 0.15) is 58.8 Å². The smallest absolute Gasteiger partial charge is 0.264 e. The summed E-state index contributed by atoms with van der Waals surface area (Å²) in [5.74, 6) is -0.401. The Hall–Kier alpha value is -2.28. The lowest BCUT2D eigenvalue weighted by molar-refractivity contribution is -0.136. The maximum Gasteiger partial charge on any atom is 0.264 e. The van der Waals surface area contributed by atoms with Crippen molar-refractivity contribution in [3.63, 3.8) is 0 Å². The van der Waals surface area contributed by atoms with Crippen molar-refractivity contribution in [1.82, 2.24) is 0 Å². The second-order valence-electron chi connectivity index (χ2n) is 8.86. The summed E-state index contributed by atoms with van der Waals surface area (Å²) in [7, 11) is 0. The number of aliphatic hydroxyl groups is 1. The summed E-state index contributed by atoms with van der Waals surface area (Å²) in [6.45, 7) is 6.61. The first-order valence-electron chi connectivity index (χ1n) is 10.8. The Morgan fingerprint density at radius 3 is 2.33 bits per heavy atom. The molecule has 0 aromatic heterocycles. The molecule has 4 rings (SSSR count).